The van der Waals surface area contributed by atoms with Gasteiger partial charge in [0.05, 0.1) is 21.0 Å². The number of benzene rings is 2. The van der Waals surface area contributed by atoms with E-state index in [2.05, 4.69) is 5.32 Å². The van der Waals surface area contributed by atoms with Crippen molar-refractivity contribution in [2.45, 2.75) is 55.3 Å². The van der Waals surface area contributed by atoms with E-state index in [9.17, 15) is 22.4 Å². The Morgan fingerprint density at radius 3 is 2.43 bits per heavy atom. The number of hydrogen-bond acceptors (Lipinski definition) is 5. The van der Waals surface area contributed by atoms with Crippen LogP contribution in [0.1, 0.15) is 50.5 Å². The Hall–Kier alpha value is -2.49. The maximum atomic E-state index is 13.8. The molecule has 7 nitrogen and oxygen atoms in total. The molecule has 2 aromatic carbocycles. The van der Waals surface area contributed by atoms with Gasteiger partial charge in [0.25, 0.3) is 5.91 Å². The Balaban J connectivity index is 1.44. The molecule has 0 aromatic heterocycles. The van der Waals surface area contributed by atoms with Crippen LogP contribution in [0.5, 0.6) is 0 Å². The number of hydrogen-bond donors (Lipinski definition) is 1. The molecule has 1 heterocycles. The van der Waals surface area contributed by atoms with Crippen LogP contribution in [-0.4, -0.2) is 44.3 Å². The van der Waals surface area contributed by atoms with Crippen LogP contribution in [0.15, 0.2) is 47.4 Å². The number of nitrogens with zero attached hydrogens (tertiary/aromatic N) is 1. The van der Waals surface area contributed by atoms with Crippen LogP contribution in [-0.2, 0) is 29.8 Å². The van der Waals surface area contributed by atoms with Gasteiger partial charge in [-0.3, -0.25) is 9.59 Å². The van der Waals surface area contributed by atoms with E-state index in [1.54, 1.807) is 12.1 Å². The van der Waals surface area contributed by atoms with Crippen molar-refractivity contribution in [1.82, 2.24) is 4.31 Å². The summed E-state index contributed by atoms with van der Waals surface area (Å²) in [7, 11) is -3.71. The molecule has 1 aliphatic heterocycles. The molecule has 1 saturated carbocycles. The summed E-state index contributed by atoms with van der Waals surface area (Å²) in [6, 6.07) is 10.0. The van der Waals surface area contributed by atoms with Gasteiger partial charge in [0.1, 0.15) is 5.82 Å². The minimum absolute atomic E-state index is 0.0344. The average molecular weight is 523 g/mol. The maximum absolute atomic E-state index is 13.8. The molecule has 2 fully saturated rings. The van der Waals surface area contributed by atoms with Crippen molar-refractivity contribution in [3.05, 3.63) is 58.9 Å². The number of sulfonamides is 1. The lowest BCUT2D eigenvalue weighted by Crippen LogP contribution is -2.36. The summed E-state index contributed by atoms with van der Waals surface area (Å²) in [5, 5.41) is 2.70. The summed E-state index contributed by atoms with van der Waals surface area (Å²) >= 11 is 6.19. The number of carbonyl (C=O) groups excluding carboxylic acids is 2. The third-order valence-electron chi connectivity index (χ3n) is 6.72. The standard InChI is InChI=1S/C25H28ClFN2O5S/c26-21-10-9-20(35(32,33)29-13-4-1-5-14-29)16-22(21)28-23(30)17-34-24(31)25(11-2-3-12-25)18-7-6-8-19(27)15-18/h6-10,15-16H,1-5,11-14,17H2,(H,28,30). The minimum Gasteiger partial charge on any atom is -0.455 e. The minimum atomic E-state index is -3.71. The third kappa shape index (κ3) is 5.52. The molecular weight excluding hydrogens is 495 g/mol. The Morgan fingerprint density at radius 2 is 1.74 bits per heavy atom. The lowest BCUT2D eigenvalue weighted by atomic mass is 9.79. The van der Waals surface area contributed by atoms with E-state index < -0.39 is 39.7 Å². The Bertz CT molecular complexity index is 1210. The van der Waals surface area contributed by atoms with E-state index in [0.29, 0.717) is 31.5 Å². The van der Waals surface area contributed by atoms with E-state index in [-0.39, 0.29) is 15.6 Å². The van der Waals surface area contributed by atoms with Gasteiger partial charge in [0.15, 0.2) is 6.61 Å². The molecule has 2 aliphatic rings. The molecule has 1 N–H and O–H groups in total. The first-order valence-corrected chi connectivity index (χ1v) is 13.6. The number of ether oxygens (including phenoxy) is 1. The fraction of sp³-hybridized carbons (Fsp3) is 0.440. The van der Waals surface area contributed by atoms with E-state index in [0.717, 1.165) is 32.1 Å². The van der Waals surface area contributed by atoms with Crippen LogP contribution >= 0.6 is 11.6 Å². The molecule has 10 heteroatoms. The molecule has 0 spiro atoms. The highest BCUT2D eigenvalue weighted by molar-refractivity contribution is 7.89. The van der Waals surface area contributed by atoms with Crippen molar-refractivity contribution in [3.63, 3.8) is 0 Å². The lowest BCUT2D eigenvalue weighted by Gasteiger charge is -2.27. The molecule has 0 atom stereocenters. The molecule has 0 bridgehead atoms. The highest BCUT2D eigenvalue weighted by Gasteiger charge is 2.44. The van der Waals surface area contributed by atoms with E-state index >= 15 is 0 Å². The predicted molar refractivity (Wildman–Crippen MR) is 130 cm³/mol. The lowest BCUT2D eigenvalue weighted by molar-refractivity contribution is -0.153. The largest absolute Gasteiger partial charge is 0.455 e. The maximum Gasteiger partial charge on any atom is 0.317 e. The van der Waals surface area contributed by atoms with Gasteiger partial charge in [0, 0.05) is 13.1 Å². The summed E-state index contributed by atoms with van der Waals surface area (Å²) in [6.07, 6.45) is 5.22. The summed E-state index contributed by atoms with van der Waals surface area (Å²) < 4.78 is 46.5. The van der Waals surface area contributed by atoms with Crippen LogP contribution < -0.4 is 5.32 Å². The fourth-order valence-electron chi connectivity index (χ4n) is 4.85. The zero-order valence-electron chi connectivity index (χ0n) is 19.3. The number of esters is 1. The highest BCUT2D eigenvalue weighted by atomic mass is 35.5. The van der Waals surface area contributed by atoms with Crippen LogP contribution in [0.3, 0.4) is 0 Å². The predicted octanol–water partition coefficient (Wildman–Crippen LogP) is 4.65. The van der Waals surface area contributed by atoms with Crippen molar-refractivity contribution in [1.29, 1.82) is 0 Å². The summed E-state index contributed by atoms with van der Waals surface area (Å²) in [6.45, 7) is 0.334. The molecular formula is C25H28ClFN2O5S. The Labute approximate surface area is 209 Å². The summed E-state index contributed by atoms with van der Waals surface area (Å²) in [5.74, 6) is -1.67. The van der Waals surface area contributed by atoms with Gasteiger partial charge in [-0.2, -0.15) is 4.31 Å². The van der Waals surface area contributed by atoms with Crippen molar-refractivity contribution in [3.8, 4) is 0 Å². The number of amides is 1. The molecule has 188 valence electrons. The van der Waals surface area contributed by atoms with Crippen molar-refractivity contribution < 1.29 is 27.1 Å². The molecule has 1 aliphatic carbocycles. The van der Waals surface area contributed by atoms with E-state index in [4.69, 9.17) is 16.3 Å². The first-order valence-electron chi connectivity index (χ1n) is 11.8. The Kier molecular flexibility index (Phi) is 7.78. The number of piperidine rings is 1. The number of nitrogens with one attached hydrogen (secondary N) is 1. The van der Waals surface area contributed by atoms with Crippen LogP contribution in [0.2, 0.25) is 5.02 Å². The van der Waals surface area contributed by atoms with Crippen molar-refractivity contribution in [2.75, 3.05) is 25.0 Å². The van der Waals surface area contributed by atoms with Gasteiger partial charge in [-0.05, 0) is 61.6 Å². The van der Waals surface area contributed by atoms with Crippen LogP contribution in [0, 0.1) is 5.82 Å². The third-order valence-corrected chi connectivity index (χ3v) is 8.95. The normalized spacial score (nSPS) is 18.2. The van der Waals surface area contributed by atoms with Gasteiger partial charge >= 0.3 is 5.97 Å². The van der Waals surface area contributed by atoms with Gasteiger partial charge in [-0.15, -0.1) is 0 Å². The smallest absolute Gasteiger partial charge is 0.317 e. The molecule has 1 amide bonds. The topological polar surface area (TPSA) is 92.8 Å². The SMILES string of the molecule is O=C(COC(=O)C1(c2cccc(F)c2)CCCC1)Nc1cc(S(=O)(=O)N2CCCCC2)ccc1Cl. The van der Waals surface area contributed by atoms with Gasteiger partial charge < -0.3 is 10.1 Å². The molecule has 35 heavy (non-hydrogen) atoms. The second-order valence-electron chi connectivity index (χ2n) is 9.03. The first kappa shape index (κ1) is 25.6. The summed E-state index contributed by atoms with van der Waals surface area (Å²) in [5.41, 5.74) is -0.326. The molecule has 1 saturated heterocycles. The number of anilines is 1. The van der Waals surface area contributed by atoms with E-state index in [1.165, 1.54) is 34.6 Å². The number of rotatable bonds is 7. The van der Waals surface area contributed by atoms with Gasteiger partial charge in [0.2, 0.25) is 10.0 Å². The zero-order chi connectivity index (χ0) is 25.1. The highest BCUT2D eigenvalue weighted by Crippen LogP contribution is 2.42. The second kappa shape index (κ2) is 10.6. The monoisotopic (exact) mass is 522 g/mol. The van der Waals surface area contributed by atoms with Gasteiger partial charge in [-0.1, -0.05) is 43.0 Å². The van der Waals surface area contributed by atoms with Crippen LogP contribution in [0.25, 0.3) is 0 Å². The number of carbonyl (C=O) groups is 2. The quantitative estimate of drug-likeness (QED) is 0.534. The van der Waals surface area contributed by atoms with Crippen molar-refractivity contribution >= 4 is 39.2 Å². The second-order valence-corrected chi connectivity index (χ2v) is 11.4. The number of halogens is 2. The summed E-state index contributed by atoms with van der Waals surface area (Å²) in [4.78, 5) is 25.6. The first-order chi connectivity index (χ1) is 16.7. The van der Waals surface area contributed by atoms with E-state index in [1.807, 2.05) is 0 Å². The fourth-order valence-corrected chi connectivity index (χ4v) is 6.55. The zero-order valence-corrected chi connectivity index (χ0v) is 20.8. The van der Waals surface area contributed by atoms with Crippen LogP contribution in [0.4, 0.5) is 10.1 Å². The average Bonchev–Trinajstić information content (AvgIpc) is 3.36. The van der Waals surface area contributed by atoms with Gasteiger partial charge in [-0.25, -0.2) is 12.8 Å². The Morgan fingerprint density at radius 1 is 1.03 bits per heavy atom. The molecule has 4 rings (SSSR count). The van der Waals surface area contributed by atoms with Crippen molar-refractivity contribution in [2.24, 2.45) is 0 Å². The molecule has 0 unspecified atom stereocenters. The molecule has 0 radical (unpaired) electrons. The molecule has 2 aromatic rings.